The summed E-state index contributed by atoms with van der Waals surface area (Å²) in [4.78, 5) is 18.6. The van der Waals surface area contributed by atoms with Gasteiger partial charge in [0.1, 0.15) is 11.4 Å². The van der Waals surface area contributed by atoms with E-state index >= 15 is 0 Å². The molecule has 2 rings (SSSR count). The topological polar surface area (TPSA) is 44.7 Å². The van der Waals surface area contributed by atoms with Crippen LogP contribution in [0.5, 0.6) is 0 Å². The summed E-state index contributed by atoms with van der Waals surface area (Å²) in [6, 6.07) is 0. The molecule has 0 unspecified atom stereocenters. The Kier molecular flexibility index (Phi) is 2.54. The number of nitrogens with one attached hydrogen (secondary N) is 1. The highest BCUT2D eigenvalue weighted by atomic mass is 16.2. The molecule has 0 radical (unpaired) electrons. The Bertz CT molecular complexity index is 303. The van der Waals surface area contributed by atoms with Crippen molar-refractivity contribution in [2.24, 2.45) is 10.9 Å². The zero-order valence-corrected chi connectivity index (χ0v) is 9.71. The molecule has 2 aliphatic rings. The molecule has 4 nitrogen and oxygen atoms in total. The Morgan fingerprint density at radius 1 is 1.40 bits per heavy atom. The SMILES string of the molecule is CC(C)C1=NC2(CCNCC2)C(=O)N1C. The number of carbonyl (C=O) groups excluding carboxylic acids is 1. The quantitative estimate of drug-likeness (QED) is 0.688. The van der Waals surface area contributed by atoms with E-state index in [4.69, 9.17) is 4.99 Å². The van der Waals surface area contributed by atoms with Gasteiger partial charge >= 0.3 is 0 Å². The van der Waals surface area contributed by atoms with Crippen LogP contribution < -0.4 is 5.32 Å². The number of aliphatic imine (C=N–C) groups is 1. The van der Waals surface area contributed by atoms with Gasteiger partial charge in [-0.3, -0.25) is 9.79 Å². The second-order valence-corrected chi connectivity index (χ2v) is 4.77. The maximum absolute atomic E-state index is 12.2. The molecule has 0 bridgehead atoms. The van der Waals surface area contributed by atoms with E-state index in [0.29, 0.717) is 5.92 Å². The standard InChI is InChI=1S/C11H19N3O/c1-8(2)9-13-11(10(15)14(9)3)4-6-12-7-5-11/h8,12H,4-7H2,1-3H3. The van der Waals surface area contributed by atoms with Gasteiger partial charge in [-0.05, 0) is 25.9 Å². The second-order valence-electron chi connectivity index (χ2n) is 4.77. The van der Waals surface area contributed by atoms with Gasteiger partial charge in [-0.1, -0.05) is 13.8 Å². The number of rotatable bonds is 1. The fraction of sp³-hybridized carbons (Fsp3) is 0.818. The molecule has 1 saturated heterocycles. The van der Waals surface area contributed by atoms with Crippen molar-refractivity contribution >= 4 is 11.7 Å². The number of piperidine rings is 1. The maximum Gasteiger partial charge on any atom is 0.255 e. The third-order valence-corrected chi connectivity index (χ3v) is 3.32. The summed E-state index contributed by atoms with van der Waals surface area (Å²) in [6.45, 7) is 5.97. The summed E-state index contributed by atoms with van der Waals surface area (Å²) in [6.07, 6.45) is 1.68. The Morgan fingerprint density at radius 2 is 2.00 bits per heavy atom. The number of carbonyl (C=O) groups is 1. The molecule has 4 heteroatoms. The normalized spacial score (nSPS) is 25.2. The predicted molar refractivity (Wildman–Crippen MR) is 59.9 cm³/mol. The maximum atomic E-state index is 12.2. The number of amidine groups is 1. The van der Waals surface area contributed by atoms with Gasteiger partial charge < -0.3 is 10.2 Å². The summed E-state index contributed by atoms with van der Waals surface area (Å²) < 4.78 is 0. The van der Waals surface area contributed by atoms with Gasteiger partial charge in [0.2, 0.25) is 0 Å². The largest absolute Gasteiger partial charge is 0.317 e. The van der Waals surface area contributed by atoms with Gasteiger partial charge in [-0.15, -0.1) is 0 Å². The predicted octanol–water partition coefficient (Wildman–Crippen LogP) is 0.635. The lowest BCUT2D eigenvalue weighted by Crippen LogP contribution is -2.48. The van der Waals surface area contributed by atoms with Crippen molar-refractivity contribution in [1.29, 1.82) is 0 Å². The summed E-state index contributed by atoms with van der Waals surface area (Å²) in [5.41, 5.74) is -0.431. The van der Waals surface area contributed by atoms with Crippen molar-refractivity contribution in [2.75, 3.05) is 20.1 Å². The Labute approximate surface area is 90.7 Å². The Morgan fingerprint density at radius 3 is 2.47 bits per heavy atom. The van der Waals surface area contributed by atoms with E-state index in [1.54, 1.807) is 4.90 Å². The third kappa shape index (κ3) is 1.57. The average Bonchev–Trinajstić information content (AvgIpc) is 2.46. The lowest BCUT2D eigenvalue weighted by molar-refractivity contribution is -0.131. The summed E-state index contributed by atoms with van der Waals surface area (Å²) >= 11 is 0. The average molecular weight is 209 g/mol. The van der Waals surface area contributed by atoms with Crippen LogP contribution in [0.3, 0.4) is 0 Å². The third-order valence-electron chi connectivity index (χ3n) is 3.32. The van der Waals surface area contributed by atoms with Gasteiger partial charge in [0.15, 0.2) is 0 Å². The molecule has 15 heavy (non-hydrogen) atoms. The van der Waals surface area contributed by atoms with Crippen LogP contribution in [0.25, 0.3) is 0 Å². The van der Waals surface area contributed by atoms with Crippen LogP contribution in [0.4, 0.5) is 0 Å². The summed E-state index contributed by atoms with van der Waals surface area (Å²) in [7, 11) is 1.85. The number of likely N-dealkylation sites (N-methyl/N-ethyl adjacent to an activating group) is 1. The first-order chi connectivity index (χ1) is 7.07. The lowest BCUT2D eigenvalue weighted by Gasteiger charge is -2.29. The molecule has 1 spiro atoms. The number of nitrogens with zero attached hydrogens (tertiary/aromatic N) is 2. The minimum absolute atomic E-state index is 0.188. The van der Waals surface area contributed by atoms with Crippen molar-refractivity contribution < 1.29 is 4.79 Å². The van der Waals surface area contributed by atoms with Crippen molar-refractivity contribution in [1.82, 2.24) is 10.2 Å². The van der Waals surface area contributed by atoms with Crippen LogP contribution in [0.2, 0.25) is 0 Å². The minimum atomic E-state index is -0.431. The number of hydrogen-bond donors (Lipinski definition) is 1. The molecule has 2 aliphatic heterocycles. The van der Waals surface area contributed by atoms with Crippen LogP contribution in [0.15, 0.2) is 4.99 Å². The molecule has 0 aliphatic carbocycles. The first-order valence-corrected chi connectivity index (χ1v) is 5.65. The van der Waals surface area contributed by atoms with Gasteiger partial charge in [0.25, 0.3) is 5.91 Å². The van der Waals surface area contributed by atoms with Gasteiger partial charge in [-0.2, -0.15) is 0 Å². The van der Waals surface area contributed by atoms with E-state index in [1.165, 1.54) is 0 Å². The van der Waals surface area contributed by atoms with Gasteiger partial charge in [-0.25, -0.2) is 0 Å². The van der Waals surface area contributed by atoms with E-state index < -0.39 is 5.54 Å². The number of hydrogen-bond acceptors (Lipinski definition) is 3. The number of amides is 1. The van der Waals surface area contributed by atoms with E-state index in [2.05, 4.69) is 19.2 Å². The van der Waals surface area contributed by atoms with Crippen LogP contribution in [0.1, 0.15) is 26.7 Å². The zero-order valence-electron chi connectivity index (χ0n) is 9.71. The Balaban J connectivity index is 2.30. The summed E-state index contributed by atoms with van der Waals surface area (Å²) in [5, 5.41) is 3.28. The molecule has 0 aromatic heterocycles. The van der Waals surface area contributed by atoms with Crippen LogP contribution >= 0.6 is 0 Å². The molecule has 0 aromatic carbocycles. The van der Waals surface area contributed by atoms with Crippen LogP contribution in [-0.4, -0.2) is 42.3 Å². The van der Waals surface area contributed by atoms with Crippen molar-refractivity contribution in [3.63, 3.8) is 0 Å². The minimum Gasteiger partial charge on any atom is -0.317 e. The van der Waals surface area contributed by atoms with E-state index in [9.17, 15) is 4.79 Å². The van der Waals surface area contributed by atoms with Gasteiger partial charge in [0, 0.05) is 13.0 Å². The van der Waals surface area contributed by atoms with Crippen LogP contribution in [0, 0.1) is 5.92 Å². The Hall–Kier alpha value is -0.900. The molecule has 0 atom stereocenters. The molecule has 1 N–H and O–H groups in total. The molecular weight excluding hydrogens is 190 g/mol. The lowest BCUT2D eigenvalue weighted by atomic mass is 9.89. The molecule has 0 aromatic rings. The first-order valence-electron chi connectivity index (χ1n) is 5.65. The van der Waals surface area contributed by atoms with E-state index in [1.807, 2.05) is 7.05 Å². The van der Waals surface area contributed by atoms with Crippen molar-refractivity contribution in [3.8, 4) is 0 Å². The zero-order chi connectivity index (χ0) is 11.1. The summed E-state index contributed by atoms with van der Waals surface area (Å²) in [5.74, 6) is 1.46. The highest BCUT2D eigenvalue weighted by molar-refractivity contribution is 6.08. The van der Waals surface area contributed by atoms with Crippen molar-refractivity contribution in [3.05, 3.63) is 0 Å². The second kappa shape index (κ2) is 3.59. The monoisotopic (exact) mass is 209 g/mol. The molecular formula is C11H19N3O. The fourth-order valence-electron chi connectivity index (χ4n) is 2.44. The smallest absolute Gasteiger partial charge is 0.255 e. The van der Waals surface area contributed by atoms with Crippen LogP contribution in [-0.2, 0) is 4.79 Å². The van der Waals surface area contributed by atoms with E-state index in [-0.39, 0.29) is 5.91 Å². The molecule has 2 heterocycles. The first kappa shape index (κ1) is 10.6. The fourth-order valence-corrected chi connectivity index (χ4v) is 2.44. The van der Waals surface area contributed by atoms with Gasteiger partial charge in [0.05, 0.1) is 0 Å². The highest BCUT2D eigenvalue weighted by Crippen LogP contribution is 2.32. The molecule has 1 amide bonds. The highest BCUT2D eigenvalue weighted by Gasteiger charge is 2.47. The molecule has 84 valence electrons. The molecule has 1 fully saturated rings. The molecule has 0 saturated carbocycles. The van der Waals surface area contributed by atoms with Crippen molar-refractivity contribution in [2.45, 2.75) is 32.2 Å². The van der Waals surface area contributed by atoms with E-state index in [0.717, 1.165) is 31.8 Å².